The summed E-state index contributed by atoms with van der Waals surface area (Å²) in [5.41, 5.74) is 5.42. The quantitative estimate of drug-likeness (QED) is 0.566. The van der Waals surface area contributed by atoms with Crippen molar-refractivity contribution in [2.45, 2.75) is 57.4 Å². The van der Waals surface area contributed by atoms with Crippen molar-refractivity contribution in [2.75, 3.05) is 7.11 Å². The smallest absolute Gasteiger partial charge is 0.316 e. The fraction of sp³-hybridized carbons (Fsp3) is 0.435. The highest BCUT2D eigenvalue weighted by molar-refractivity contribution is 5.68. The zero-order chi connectivity index (χ0) is 21.6. The molecule has 0 bridgehead atoms. The van der Waals surface area contributed by atoms with Crippen LogP contribution in [0.4, 0.5) is 0 Å². The van der Waals surface area contributed by atoms with Gasteiger partial charge in [0.15, 0.2) is 0 Å². The molecule has 1 atom stereocenters. The van der Waals surface area contributed by atoms with Gasteiger partial charge in [0.25, 0.3) is 0 Å². The lowest BCUT2D eigenvalue weighted by Gasteiger charge is -2.16. The Morgan fingerprint density at radius 3 is 2.68 bits per heavy atom. The van der Waals surface area contributed by atoms with E-state index in [1.165, 1.54) is 31.2 Å². The number of aromatic nitrogens is 5. The predicted molar refractivity (Wildman–Crippen MR) is 114 cm³/mol. The molecule has 0 saturated heterocycles. The second-order valence-electron chi connectivity index (χ2n) is 7.87. The van der Waals surface area contributed by atoms with Crippen LogP contribution in [-0.4, -0.2) is 42.9 Å². The molecule has 1 aliphatic carbocycles. The zero-order valence-electron chi connectivity index (χ0n) is 17.7. The van der Waals surface area contributed by atoms with Gasteiger partial charge in [0.2, 0.25) is 0 Å². The van der Waals surface area contributed by atoms with E-state index in [1.54, 1.807) is 17.1 Å². The summed E-state index contributed by atoms with van der Waals surface area (Å²) in [5, 5.41) is 14.0. The van der Waals surface area contributed by atoms with Crippen molar-refractivity contribution < 1.29 is 14.6 Å². The third kappa shape index (κ3) is 5.25. The van der Waals surface area contributed by atoms with Gasteiger partial charge < -0.3 is 9.84 Å². The molecular formula is C23H27N5O3. The lowest BCUT2D eigenvalue weighted by molar-refractivity contribution is -0.137. The fourth-order valence-electron chi connectivity index (χ4n) is 4.03. The van der Waals surface area contributed by atoms with E-state index in [1.807, 2.05) is 12.3 Å². The Hall–Kier alpha value is -3.29. The van der Waals surface area contributed by atoms with Gasteiger partial charge in [-0.2, -0.15) is 5.10 Å². The molecule has 0 radical (unpaired) electrons. The van der Waals surface area contributed by atoms with Crippen LogP contribution >= 0.6 is 0 Å². The Morgan fingerprint density at radius 1 is 1.13 bits per heavy atom. The monoisotopic (exact) mass is 421 g/mol. The van der Waals surface area contributed by atoms with E-state index in [0.29, 0.717) is 5.56 Å². The van der Waals surface area contributed by atoms with Crippen LogP contribution in [0.15, 0.2) is 36.8 Å². The summed E-state index contributed by atoms with van der Waals surface area (Å²) in [6, 6.07) is 6.10. The average molecular weight is 422 g/mol. The van der Waals surface area contributed by atoms with Crippen molar-refractivity contribution in [2.24, 2.45) is 0 Å². The van der Waals surface area contributed by atoms with Gasteiger partial charge in [0, 0.05) is 35.5 Å². The van der Waals surface area contributed by atoms with Gasteiger partial charge in [0.05, 0.1) is 25.3 Å². The number of nitrogens with zero attached hydrogens (tertiary/aromatic N) is 5. The van der Waals surface area contributed by atoms with E-state index in [2.05, 4.69) is 27.2 Å². The van der Waals surface area contributed by atoms with Gasteiger partial charge in [0.1, 0.15) is 0 Å². The van der Waals surface area contributed by atoms with Crippen molar-refractivity contribution in [3.8, 4) is 6.01 Å². The molecule has 1 unspecified atom stereocenters. The summed E-state index contributed by atoms with van der Waals surface area (Å²) in [4.78, 5) is 24.4. The molecule has 0 saturated carbocycles. The lowest BCUT2D eigenvalue weighted by Crippen LogP contribution is -2.16. The Labute approximate surface area is 181 Å². The third-order valence-electron chi connectivity index (χ3n) is 5.67. The number of aliphatic carboxylic acids is 1. The van der Waals surface area contributed by atoms with Crippen molar-refractivity contribution >= 4 is 5.97 Å². The highest BCUT2D eigenvalue weighted by atomic mass is 16.5. The summed E-state index contributed by atoms with van der Waals surface area (Å²) in [6.07, 6.45) is 12.3. The van der Waals surface area contributed by atoms with Crippen LogP contribution in [0.3, 0.4) is 0 Å². The highest BCUT2D eigenvalue weighted by Crippen LogP contribution is 2.23. The van der Waals surface area contributed by atoms with Crippen LogP contribution < -0.4 is 4.74 Å². The van der Waals surface area contributed by atoms with Crippen LogP contribution in [0, 0.1) is 0 Å². The maximum atomic E-state index is 11.4. The molecule has 4 rings (SSSR count). The Morgan fingerprint density at radius 2 is 1.90 bits per heavy atom. The number of pyridine rings is 1. The Balaban J connectivity index is 1.40. The molecule has 8 heteroatoms. The molecule has 0 aliphatic heterocycles. The summed E-state index contributed by atoms with van der Waals surface area (Å²) >= 11 is 0. The normalized spacial score (nSPS) is 14.1. The second kappa shape index (κ2) is 9.68. The van der Waals surface area contributed by atoms with Crippen LogP contribution in [0.5, 0.6) is 6.01 Å². The topological polar surface area (TPSA) is 103 Å². The molecule has 3 aromatic heterocycles. The van der Waals surface area contributed by atoms with Crippen molar-refractivity contribution in [1.29, 1.82) is 0 Å². The minimum atomic E-state index is -0.906. The molecular weight excluding hydrogens is 394 g/mol. The van der Waals surface area contributed by atoms with Crippen LogP contribution in [-0.2, 0) is 30.5 Å². The molecule has 1 aliphatic rings. The first-order valence-corrected chi connectivity index (χ1v) is 10.7. The minimum Gasteiger partial charge on any atom is -0.481 e. The summed E-state index contributed by atoms with van der Waals surface area (Å²) in [7, 11) is 1.49. The molecule has 162 valence electrons. The molecule has 3 heterocycles. The number of hydrogen-bond donors (Lipinski definition) is 1. The molecule has 0 amide bonds. The van der Waals surface area contributed by atoms with Crippen molar-refractivity contribution in [3.63, 3.8) is 0 Å². The maximum Gasteiger partial charge on any atom is 0.316 e. The molecule has 0 fully saturated rings. The largest absolute Gasteiger partial charge is 0.481 e. The number of aryl methyl sites for hydroxylation is 4. The van der Waals surface area contributed by atoms with Gasteiger partial charge in [-0.25, -0.2) is 9.97 Å². The van der Waals surface area contributed by atoms with Crippen LogP contribution in [0.1, 0.15) is 59.9 Å². The van der Waals surface area contributed by atoms with Crippen LogP contribution in [0.25, 0.3) is 0 Å². The average Bonchev–Trinajstić information content (AvgIpc) is 3.26. The number of rotatable bonds is 9. The number of methoxy groups -OCH3 is 1. The lowest BCUT2D eigenvalue weighted by atomic mass is 9.95. The number of fused-ring (bicyclic) bond motifs is 1. The van der Waals surface area contributed by atoms with E-state index >= 15 is 0 Å². The molecule has 31 heavy (non-hydrogen) atoms. The van der Waals surface area contributed by atoms with E-state index in [-0.39, 0.29) is 12.4 Å². The number of carbonyl (C=O) groups is 1. The predicted octanol–water partition coefficient (Wildman–Crippen LogP) is 3.19. The first-order chi connectivity index (χ1) is 15.1. The van der Waals surface area contributed by atoms with Gasteiger partial charge in [-0.15, -0.1) is 0 Å². The number of ether oxygens (including phenoxy) is 1. The van der Waals surface area contributed by atoms with Gasteiger partial charge in [-0.1, -0.05) is 6.07 Å². The van der Waals surface area contributed by atoms with Gasteiger partial charge in [-0.05, 0) is 62.6 Å². The van der Waals surface area contributed by atoms with Gasteiger partial charge >= 0.3 is 12.0 Å². The van der Waals surface area contributed by atoms with E-state index < -0.39 is 12.0 Å². The first-order valence-electron chi connectivity index (χ1n) is 10.7. The van der Waals surface area contributed by atoms with Crippen molar-refractivity contribution in [1.82, 2.24) is 24.7 Å². The minimum absolute atomic E-state index is 0.101. The standard InChI is InChI=1S/C23H27N5O3/c1-31-23-24-14-17(15-25-23)21(13-22(29)30)28-12-11-19(27-28)7-4-6-18-10-9-16-5-2-3-8-20(16)26-18/h9-12,14-15,21H,2-8,13H2,1H3,(H,29,30). The SMILES string of the molecule is COc1ncc(C(CC(=O)O)n2ccc(CCCc3ccc4c(n3)CCCC4)n2)cn1. The summed E-state index contributed by atoms with van der Waals surface area (Å²) in [6.45, 7) is 0. The molecule has 1 N–H and O–H groups in total. The highest BCUT2D eigenvalue weighted by Gasteiger charge is 2.20. The Kier molecular flexibility index (Phi) is 6.54. The number of hydrogen-bond acceptors (Lipinski definition) is 6. The van der Waals surface area contributed by atoms with E-state index in [0.717, 1.165) is 43.5 Å². The zero-order valence-corrected chi connectivity index (χ0v) is 17.7. The summed E-state index contributed by atoms with van der Waals surface area (Å²) < 4.78 is 6.67. The molecule has 0 aromatic carbocycles. The van der Waals surface area contributed by atoms with E-state index in [4.69, 9.17) is 9.72 Å². The summed E-state index contributed by atoms with van der Waals surface area (Å²) in [5.74, 6) is -0.906. The van der Waals surface area contributed by atoms with Crippen LogP contribution in [0.2, 0.25) is 0 Å². The molecule has 3 aromatic rings. The number of carboxylic acids is 1. The molecule has 0 spiro atoms. The molecule has 8 nitrogen and oxygen atoms in total. The fourth-order valence-corrected chi connectivity index (χ4v) is 4.03. The van der Waals surface area contributed by atoms with Gasteiger partial charge in [-0.3, -0.25) is 14.5 Å². The maximum absolute atomic E-state index is 11.4. The first kappa shape index (κ1) is 21.0. The third-order valence-corrected chi connectivity index (χ3v) is 5.67. The Bertz CT molecular complexity index is 1030. The number of carboxylic acid groups (broad SMARTS) is 1. The van der Waals surface area contributed by atoms with Crippen molar-refractivity contribution in [3.05, 3.63) is 65.0 Å². The second-order valence-corrected chi connectivity index (χ2v) is 7.87. The van der Waals surface area contributed by atoms with E-state index in [9.17, 15) is 9.90 Å².